The van der Waals surface area contributed by atoms with E-state index in [1.54, 1.807) is 31.4 Å². The summed E-state index contributed by atoms with van der Waals surface area (Å²) in [5.74, 6) is -0.170. The van der Waals surface area contributed by atoms with Gasteiger partial charge in [-0.25, -0.2) is 5.43 Å². The molecule has 1 aromatic carbocycles. The molecule has 0 fully saturated rings. The molecular weight excluding hydrogens is 340 g/mol. The highest BCUT2D eigenvalue weighted by Gasteiger charge is 2.13. The predicted octanol–water partition coefficient (Wildman–Crippen LogP) is 1.66. The van der Waals surface area contributed by atoms with Crippen LogP contribution in [0.5, 0.6) is 11.5 Å². The molecule has 1 aromatic heterocycles. The van der Waals surface area contributed by atoms with Crippen LogP contribution in [-0.4, -0.2) is 34.1 Å². The molecule has 0 saturated carbocycles. The summed E-state index contributed by atoms with van der Waals surface area (Å²) < 4.78 is 7.06. The van der Waals surface area contributed by atoms with Gasteiger partial charge in [0.25, 0.3) is 5.91 Å². The molecule has 21 heavy (non-hydrogen) atoms. The summed E-state index contributed by atoms with van der Waals surface area (Å²) in [4.78, 5) is 11.9. The summed E-state index contributed by atoms with van der Waals surface area (Å²) in [6.45, 7) is 0. The monoisotopic (exact) mass is 352 g/mol. The molecule has 1 heterocycles. The Kier molecular flexibility index (Phi) is 4.59. The molecule has 0 aliphatic heterocycles. The maximum absolute atomic E-state index is 11.9. The number of carbonyl (C=O) groups excluding carboxylic acids is 1. The van der Waals surface area contributed by atoms with E-state index < -0.39 is 5.91 Å². The van der Waals surface area contributed by atoms with E-state index in [1.165, 1.54) is 18.0 Å². The smallest absolute Gasteiger partial charge is 0.293 e. The number of rotatable bonds is 4. The number of aromatic nitrogens is 2. The topological polar surface area (TPSA) is 88.7 Å². The molecule has 0 aliphatic rings. The number of phenolic OH excluding ortho intramolecular Hbond substituents is 1. The number of amides is 1. The van der Waals surface area contributed by atoms with Crippen molar-refractivity contribution in [3.05, 3.63) is 40.1 Å². The maximum Gasteiger partial charge on any atom is 0.293 e. The zero-order chi connectivity index (χ0) is 15.4. The maximum atomic E-state index is 11.9. The van der Waals surface area contributed by atoms with Gasteiger partial charge in [0.15, 0.2) is 17.2 Å². The van der Waals surface area contributed by atoms with Crippen molar-refractivity contribution in [2.45, 2.75) is 0 Å². The van der Waals surface area contributed by atoms with Gasteiger partial charge in [-0.1, -0.05) is 6.07 Å². The lowest BCUT2D eigenvalue weighted by molar-refractivity contribution is 0.0948. The molecule has 0 radical (unpaired) electrons. The van der Waals surface area contributed by atoms with E-state index in [4.69, 9.17) is 4.74 Å². The summed E-state index contributed by atoms with van der Waals surface area (Å²) in [6.07, 6.45) is 2.99. The van der Waals surface area contributed by atoms with Crippen LogP contribution in [0.2, 0.25) is 0 Å². The number of aryl methyl sites for hydroxylation is 1. The number of para-hydroxylation sites is 1. The number of aromatic hydroxyl groups is 1. The lowest BCUT2D eigenvalue weighted by Crippen LogP contribution is -2.19. The third kappa shape index (κ3) is 3.40. The molecule has 0 aliphatic carbocycles. The summed E-state index contributed by atoms with van der Waals surface area (Å²) in [5, 5.41) is 17.7. The Morgan fingerprint density at radius 1 is 1.57 bits per heavy atom. The molecule has 2 aromatic rings. The standard InChI is InChI=1S/C13H13BrN4O3/c1-18-7-9(14)11(17-18)13(20)16-15-6-8-4-3-5-10(21-2)12(8)19/h3-7,19H,1-2H3,(H,16,20)/b15-6-. The zero-order valence-corrected chi connectivity index (χ0v) is 13.0. The molecule has 2 N–H and O–H groups in total. The van der Waals surface area contributed by atoms with Crippen LogP contribution in [0.15, 0.2) is 34.0 Å². The fraction of sp³-hybridized carbons (Fsp3) is 0.154. The molecule has 7 nitrogen and oxygen atoms in total. The Labute approximate surface area is 129 Å². The molecule has 110 valence electrons. The number of hydrogen-bond acceptors (Lipinski definition) is 5. The van der Waals surface area contributed by atoms with Gasteiger partial charge in [-0.2, -0.15) is 10.2 Å². The van der Waals surface area contributed by atoms with Gasteiger partial charge in [0.1, 0.15) is 0 Å². The van der Waals surface area contributed by atoms with Crippen molar-refractivity contribution < 1.29 is 14.6 Å². The minimum absolute atomic E-state index is 0.0444. The highest BCUT2D eigenvalue weighted by Crippen LogP contribution is 2.27. The van der Waals surface area contributed by atoms with Gasteiger partial charge in [-0.15, -0.1) is 0 Å². The second-order valence-corrected chi connectivity index (χ2v) is 4.95. The highest BCUT2D eigenvalue weighted by atomic mass is 79.9. The molecule has 0 unspecified atom stereocenters. The van der Waals surface area contributed by atoms with Gasteiger partial charge >= 0.3 is 0 Å². The number of phenols is 1. The van der Waals surface area contributed by atoms with Gasteiger partial charge in [0.2, 0.25) is 0 Å². The first-order chi connectivity index (χ1) is 10.0. The second kappa shape index (κ2) is 6.40. The van der Waals surface area contributed by atoms with Crippen molar-refractivity contribution in [2.24, 2.45) is 12.1 Å². The Morgan fingerprint density at radius 3 is 2.95 bits per heavy atom. The van der Waals surface area contributed by atoms with Gasteiger partial charge < -0.3 is 9.84 Å². The van der Waals surface area contributed by atoms with Crippen LogP contribution in [0.25, 0.3) is 0 Å². The predicted molar refractivity (Wildman–Crippen MR) is 80.6 cm³/mol. The number of carbonyl (C=O) groups is 1. The van der Waals surface area contributed by atoms with Crippen LogP contribution in [0, 0.1) is 0 Å². The number of nitrogens with zero attached hydrogens (tertiary/aromatic N) is 3. The zero-order valence-electron chi connectivity index (χ0n) is 11.4. The first-order valence-corrected chi connectivity index (χ1v) is 6.70. The SMILES string of the molecule is COc1cccc(/C=N\NC(=O)c2nn(C)cc2Br)c1O. The first kappa shape index (κ1) is 15.0. The van der Waals surface area contributed by atoms with Crippen LogP contribution >= 0.6 is 15.9 Å². The van der Waals surface area contributed by atoms with Crippen LogP contribution in [-0.2, 0) is 7.05 Å². The van der Waals surface area contributed by atoms with Gasteiger partial charge in [-0.05, 0) is 28.1 Å². The summed E-state index contributed by atoms with van der Waals surface area (Å²) in [6, 6.07) is 4.97. The number of methoxy groups -OCH3 is 1. The molecular formula is C13H13BrN4O3. The van der Waals surface area contributed by atoms with E-state index in [-0.39, 0.29) is 11.4 Å². The van der Waals surface area contributed by atoms with Crippen molar-refractivity contribution in [1.82, 2.24) is 15.2 Å². The molecule has 8 heteroatoms. The van der Waals surface area contributed by atoms with Crippen molar-refractivity contribution in [2.75, 3.05) is 7.11 Å². The molecule has 2 rings (SSSR count). The van der Waals surface area contributed by atoms with Crippen molar-refractivity contribution in [1.29, 1.82) is 0 Å². The van der Waals surface area contributed by atoms with Crippen LogP contribution in [0.4, 0.5) is 0 Å². The summed E-state index contributed by atoms with van der Waals surface area (Å²) >= 11 is 3.23. The van der Waals surface area contributed by atoms with Crippen molar-refractivity contribution >= 4 is 28.1 Å². The van der Waals surface area contributed by atoms with E-state index in [9.17, 15) is 9.90 Å². The molecule has 0 spiro atoms. The van der Waals surface area contributed by atoms with E-state index in [0.717, 1.165) is 0 Å². The Hall–Kier alpha value is -2.35. The van der Waals surface area contributed by atoms with Crippen molar-refractivity contribution in [3.8, 4) is 11.5 Å². The summed E-state index contributed by atoms with van der Waals surface area (Å²) in [5.41, 5.74) is 2.99. The third-order valence-corrected chi connectivity index (χ3v) is 3.20. The Morgan fingerprint density at radius 2 is 2.33 bits per heavy atom. The minimum Gasteiger partial charge on any atom is -0.504 e. The van der Waals surface area contributed by atoms with E-state index in [1.807, 2.05) is 0 Å². The van der Waals surface area contributed by atoms with E-state index in [2.05, 4.69) is 31.6 Å². The number of hydrazone groups is 1. The van der Waals surface area contributed by atoms with Crippen LogP contribution in [0.3, 0.4) is 0 Å². The van der Waals surface area contributed by atoms with E-state index in [0.29, 0.717) is 15.8 Å². The Balaban J connectivity index is 2.09. The van der Waals surface area contributed by atoms with Crippen molar-refractivity contribution in [3.63, 3.8) is 0 Å². The lowest BCUT2D eigenvalue weighted by atomic mass is 10.2. The second-order valence-electron chi connectivity index (χ2n) is 4.10. The molecule has 0 atom stereocenters. The number of hydrogen-bond donors (Lipinski definition) is 2. The number of nitrogens with one attached hydrogen (secondary N) is 1. The van der Waals surface area contributed by atoms with Gasteiger partial charge in [0, 0.05) is 18.8 Å². The fourth-order valence-corrected chi connectivity index (χ4v) is 2.19. The average molecular weight is 353 g/mol. The lowest BCUT2D eigenvalue weighted by Gasteiger charge is -2.04. The normalized spacial score (nSPS) is 10.8. The number of halogens is 1. The molecule has 0 saturated heterocycles. The highest BCUT2D eigenvalue weighted by molar-refractivity contribution is 9.10. The van der Waals surface area contributed by atoms with Crippen LogP contribution in [0.1, 0.15) is 16.1 Å². The summed E-state index contributed by atoms with van der Waals surface area (Å²) in [7, 11) is 3.16. The number of benzene rings is 1. The number of ether oxygens (including phenoxy) is 1. The fourth-order valence-electron chi connectivity index (χ4n) is 1.64. The Bertz CT molecular complexity index is 697. The quantitative estimate of drug-likeness (QED) is 0.646. The van der Waals surface area contributed by atoms with Gasteiger partial charge in [0.05, 0.1) is 17.8 Å². The van der Waals surface area contributed by atoms with Gasteiger partial charge in [-0.3, -0.25) is 9.48 Å². The molecule has 0 bridgehead atoms. The van der Waals surface area contributed by atoms with Crippen LogP contribution < -0.4 is 10.2 Å². The minimum atomic E-state index is -0.457. The average Bonchev–Trinajstić information content (AvgIpc) is 2.79. The molecule has 1 amide bonds. The largest absolute Gasteiger partial charge is 0.504 e. The third-order valence-electron chi connectivity index (χ3n) is 2.62. The first-order valence-electron chi connectivity index (χ1n) is 5.91. The van der Waals surface area contributed by atoms with E-state index >= 15 is 0 Å².